The lowest BCUT2D eigenvalue weighted by Crippen LogP contribution is -2.38. The number of anilines is 3. The minimum atomic E-state index is 0.115. The molecule has 0 radical (unpaired) electrons. The van der Waals surface area contributed by atoms with Crippen LogP contribution in [0.15, 0.2) is 102 Å². The van der Waals surface area contributed by atoms with E-state index in [0.717, 1.165) is 45.4 Å². The van der Waals surface area contributed by atoms with Gasteiger partial charge in [0.15, 0.2) is 0 Å². The quantitative estimate of drug-likeness (QED) is 0.329. The summed E-state index contributed by atoms with van der Waals surface area (Å²) in [6, 6.07) is 25.6. The molecule has 2 N–H and O–H groups in total. The Balaban J connectivity index is 1.92. The van der Waals surface area contributed by atoms with Gasteiger partial charge in [0.2, 0.25) is 0 Å². The van der Waals surface area contributed by atoms with Crippen molar-refractivity contribution in [1.82, 2.24) is 0 Å². The van der Waals surface area contributed by atoms with Gasteiger partial charge >= 0.3 is 0 Å². The number of ether oxygens (including phenoxy) is 2. The van der Waals surface area contributed by atoms with E-state index in [4.69, 9.17) is 9.47 Å². The largest absolute Gasteiger partial charge is 0.497 e. The van der Waals surface area contributed by atoms with E-state index in [1.807, 2.05) is 26.2 Å². The molecule has 1 aliphatic carbocycles. The standard InChI is InChI=1S/C32H37N3O2/c1-22-21-30(37-6)19-20-31(22)35(28-15-13-27(34-4)14-16-28)23(2)32(24-7-11-26(33-3)12-8-24)25-9-17-29(36-5)18-10-25/h7-22,31,33-34H,1-6H3. The molecule has 0 aliphatic heterocycles. The number of benzene rings is 3. The van der Waals surface area contributed by atoms with Gasteiger partial charge in [-0.1, -0.05) is 37.3 Å². The molecular formula is C32H37N3O2. The van der Waals surface area contributed by atoms with Crippen molar-refractivity contribution in [2.45, 2.75) is 19.9 Å². The summed E-state index contributed by atoms with van der Waals surface area (Å²) in [7, 11) is 7.30. The van der Waals surface area contributed by atoms with Crippen molar-refractivity contribution in [2.75, 3.05) is 43.8 Å². The van der Waals surface area contributed by atoms with E-state index in [-0.39, 0.29) is 12.0 Å². The third kappa shape index (κ3) is 5.67. The zero-order valence-electron chi connectivity index (χ0n) is 22.6. The molecule has 3 aromatic rings. The molecule has 5 nitrogen and oxygen atoms in total. The fourth-order valence-corrected chi connectivity index (χ4v) is 4.88. The fourth-order valence-electron chi connectivity index (χ4n) is 4.88. The molecule has 2 atom stereocenters. The predicted octanol–water partition coefficient (Wildman–Crippen LogP) is 7.17. The maximum absolute atomic E-state index is 5.53. The van der Waals surface area contributed by atoms with E-state index < -0.39 is 0 Å². The van der Waals surface area contributed by atoms with Crippen LogP contribution in [0.3, 0.4) is 0 Å². The molecule has 4 rings (SSSR count). The Morgan fingerprint density at radius 2 is 1.30 bits per heavy atom. The van der Waals surface area contributed by atoms with Gasteiger partial charge in [0.25, 0.3) is 0 Å². The molecule has 3 aromatic carbocycles. The van der Waals surface area contributed by atoms with E-state index in [1.165, 1.54) is 5.57 Å². The Morgan fingerprint density at radius 1 is 0.757 bits per heavy atom. The molecule has 0 amide bonds. The minimum Gasteiger partial charge on any atom is -0.497 e. The number of rotatable bonds is 9. The second kappa shape index (κ2) is 11.7. The molecule has 0 aromatic heterocycles. The zero-order chi connectivity index (χ0) is 26.4. The average molecular weight is 496 g/mol. The van der Waals surface area contributed by atoms with Crippen LogP contribution in [0.25, 0.3) is 5.57 Å². The molecular weight excluding hydrogens is 458 g/mol. The Morgan fingerprint density at radius 3 is 1.78 bits per heavy atom. The molecule has 37 heavy (non-hydrogen) atoms. The van der Waals surface area contributed by atoms with Crippen LogP contribution in [-0.2, 0) is 4.74 Å². The van der Waals surface area contributed by atoms with Crippen LogP contribution in [0.2, 0.25) is 0 Å². The molecule has 0 spiro atoms. The summed E-state index contributed by atoms with van der Waals surface area (Å²) in [4.78, 5) is 2.44. The van der Waals surface area contributed by atoms with Crippen molar-refractivity contribution in [1.29, 1.82) is 0 Å². The van der Waals surface area contributed by atoms with Gasteiger partial charge in [-0.25, -0.2) is 0 Å². The normalized spacial score (nSPS) is 17.4. The van der Waals surface area contributed by atoms with Gasteiger partial charge in [0.05, 0.1) is 20.3 Å². The highest BCUT2D eigenvalue weighted by Gasteiger charge is 2.28. The van der Waals surface area contributed by atoms with Gasteiger partial charge in [0.1, 0.15) is 11.5 Å². The Hall–Kier alpha value is -4.12. The first-order valence-electron chi connectivity index (χ1n) is 12.6. The monoisotopic (exact) mass is 495 g/mol. The number of nitrogens with one attached hydrogen (secondary N) is 2. The molecule has 5 heteroatoms. The van der Waals surface area contributed by atoms with Gasteiger partial charge < -0.3 is 25.0 Å². The first-order chi connectivity index (χ1) is 18.0. The number of hydrogen-bond acceptors (Lipinski definition) is 5. The molecule has 0 fully saturated rings. The van der Waals surface area contributed by atoms with Crippen molar-refractivity contribution in [3.8, 4) is 5.75 Å². The SMILES string of the molecule is CNc1ccc(C(=C(C)N(c2ccc(NC)cc2)C2C=CC(OC)=CC2C)c2ccc(OC)cc2)cc1. The van der Waals surface area contributed by atoms with Crippen molar-refractivity contribution in [3.05, 3.63) is 114 Å². The van der Waals surface area contributed by atoms with Crippen LogP contribution in [-0.4, -0.2) is 34.4 Å². The molecule has 0 heterocycles. The second-order valence-corrected chi connectivity index (χ2v) is 9.17. The van der Waals surface area contributed by atoms with Crippen LogP contribution < -0.4 is 20.3 Å². The summed E-state index contributed by atoms with van der Waals surface area (Å²) in [5.41, 5.74) is 7.91. The van der Waals surface area contributed by atoms with Crippen LogP contribution >= 0.6 is 0 Å². The fraction of sp³-hybridized carbons (Fsp3) is 0.250. The number of hydrogen-bond donors (Lipinski definition) is 2. The Labute approximate surface area is 221 Å². The van der Waals surface area contributed by atoms with Gasteiger partial charge in [-0.15, -0.1) is 0 Å². The molecule has 1 aliphatic rings. The van der Waals surface area contributed by atoms with Crippen LogP contribution in [0.4, 0.5) is 17.1 Å². The predicted molar refractivity (Wildman–Crippen MR) is 156 cm³/mol. The maximum Gasteiger partial charge on any atom is 0.118 e. The molecule has 0 saturated carbocycles. The highest BCUT2D eigenvalue weighted by Crippen LogP contribution is 2.37. The van der Waals surface area contributed by atoms with Crippen LogP contribution in [0.5, 0.6) is 5.75 Å². The summed E-state index contributed by atoms with van der Waals surface area (Å²) in [6.07, 6.45) is 6.51. The van der Waals surface area contributed by atoms with Crippen molar-refractivity contribution in [2.24, 2.45) is 5.92 Å². The van der Waals surface area contributed by atoms with E-state index >= 15 is 0 Å². The van der Waals surface area contributed by atoms with Crippen LogP contribution in [0.1, 0.15) is 25.0 Å². The van der Waals surface area contributed by atoms with Crippen molar-refractivity contribution in [3.63, 3.8) is 0 Å². The summed E-state index contributed by atoms with van der Waals surface area (Å²) < 4.78 is 11.0. The lowest BCUT2D eigenvalue weighted by Gasteiger charge is -2.38. The first-order valence-corrected chi connectivity index (χ1v) is 12.6. The van der Waals surface area contributed by atoms with Gasteiger partial charge in [-0.3, -0.25) is 0 Å². The summed E-state index contributed by atoms with van der Waals surface area (Å²) >= 11 is 0. The Bertz CT molecular complexity index is 1220. The summed E-state index contributed by atoms with van der Waals surface area (Å²) in [6.45, 7) is 4.46. The Kier molecular flexibility index (Phi) is 8.24. The van der Waals surface area contributed by atoms with Gasteiger partial charge in [-0.2, -0.15) is 0 Å². The van der Waals surface area contributed by atoms with Gasteiger partial charge in [0, 0.05) is 48.3 Å². The lowest BCUT2D eigenvalue weighted by atomic mass is 9.90. The highest BCUT2D eigenvalue weighted by molar-refractivity contribution is 5.85. The lowest BCUT2D eigenvalue weighted by molar-refractivity contribution is 0.298. The van der Waals surface area contributed by atoms with Crippen LogP contribution in [0, 0.1) is 5.92 Å². The van der Waals surface area contributed by atoms with E-state index in [9.17, 15) is 0 Å². The third-order valence-electron chi connectivity index (χ3n) is 6.96. The topological polar surface area (TPSA) is 45.8 Å². The molecule has 2 unspecified atom stereocenters. The first kappa shape index (κ1) is 26.0. The minimum absolute atomic E-state index is 0.115. The third-order valence-corrected chi connectivity index (χ3v) is 6.96. The smallest absolute Gasteiger partial charge is 0.118 e. The van der Waals surface area contributed by atoms with E-state index in [0.29, 0.717) is 0 Å². The summed E-state index contributed by atoms with van der Waals surface area (Å²) in [5.74, 6) is 1.98. The zero-order valence-corrected chi connectivity index (χ0v) is 22.6. The van der Waals surface area contributed by atoms with E-state index in [2.05, 4.69) is 108 Å². The van der Waals surface area contributed by atoms with Gasteiger partial charge in [-0.05, 0) is 78.7 Å². The number of allylic oxidation sites excluding steroid dienone is 2. The van der Waals surface area contributed by atoms with Crippen molar-refractivity contribution >= 4 is 22.6 Å². The highest BCUT2D eigenvalue weighted by atomic mass is 16.5. The molecule has 0 bridgehead atoms. The summed E-state index contributed by atoms with van der Waals surface area (Å²) in [5, 5.41) is 6.46. The second-order valence-electron chi connectivity index (χ2n) is 9.17. The van der Waals surface area contributed by atoms with E-state index in [1.54, 1.807) is 14.2 Å². The maximum atomic E-state index is 5.53. The van der Waals surface area contributed by atoms with Crippen molar-refractivity contribution < 1.29 is 9.47 Å². The number of nitrogens with zero attached hydrogens (tertiary/aromatic N) is 1. The molecule has 192 valence electrons. The average Bonchev–Trinajstić information content (AvgIpc) is 2.95. The molecule has 0 saturated heterocycles. The number of methoxy groups -OCH3 is 2.